The number of amides is 2. The lowest BCUT2D eigenvalue weighted by molar-refractivity contribution is -0.118. The molecule has 4 heteroatoms. The van der Waals surface area contributed by atoms with E-state index in [0.717, 1.165) is 12.1 Å². The standard InChI is InChI=1S/C18H18N2O2/c1-2-12-19-13-17(21)20(14-8-4-3-5-9-14)16-11-7-6-10-15(16)18(19)22/h3-11H,2,12-13H2,1H3. The highest BCUT2D eigenvalue weighted by Gasteiger charge is 2.31. The highest BCUT2D eigenvalue weighted by Crippen LogP contribution is 2.31. The van der Waals surface area contributed by atoms with E-state index in [4.69, 9.17) is 0 Å². The molecule has 2 amide bonds. The molecule has 0 radical (unpaired) electrons. The van der Waals surface area contributed by atoms with Gasteiger partial charge < -0.3 is 4.90 Å². The number of hydrogen-bond acceptors (Lipinski definition) is 2. The molecule has 0 saturated heterocycles. The molecule has 1 heterocycles. The van der Waals surface area contributed by atoms with Gasteiger partial charge in [0.2, 0.25) is 0 Å². The third kappa shape index (κ3) is 2.48. The minimum absolute atomic E-state index is 0.0794. The number of anilines is 2. The van der Waals surface area contributed by atoms with E-state index in [1.165, 1.54) is 0 Å². The number of nitrogens with zero attached hydrogens (tertiary/aromatic N) is 2. The molecule has 0 bridgehead atoms. The van der Waals surface area contributed by atoms with Crippen molar-refractivity contribution in [2.24, 2.45) is 0 Å². The zero-order valence-electron chi connectivity index (χ0n) is 12.5. The molecule has 0 fully saturated rings. The van der Waals surface area contributed by atoms with Crippen LogP contribution in [0.5, 0.6) is 0 Å². The largest absolute Gasteiger partial charge is 0.329 e. The fourth-order valence-electron chi connectivity index (χ4n) is 2.77. The maximum Gasteiger partial charge on any atom is 0.256 e. The Balaban J connectivity index is 2.14. The van der Waals surface area contributed by atoms with Gasteiger partial charge in [-0.15, -0.1) is 0 Å². The van der Waals surface area contributed by atoms with Gasteiger partial charge in [-0.25, -0.2) is 0 Å². The summed E-state index contributed by atoms with van der Waals surface area (Å²) in [6.07, 6.45) is 0.826. The van der Waals surface area contributed by atoms with Crippen LogP contribution in [0.1, 0.15) is 23.7 Å². The molecule has 0 N–H and O–H groups in total. The number of fused-ring (bicyclic) bond motifs is 1. The van der Waals surface area contributed by atoms with E-state index in [9.17, 15) is 9.59 Å². The molecule has 3 rings (SSSR count). The summed E-state index contributed by atoms with van der Waals surface area (Å²) in [5, 5.41) is 0. The van der Waals surface area contributed by atoms with Gasteiger partial charge in [-0.2, -0.15) is 0 Å². The third-order valence-electron chi connectivity index (χ3n) is 3.75. The quantitative estimate of drug-likeness (QED) is 0.872. The highest BCUT2D eigenvalue weighted by atomic mass is 16.2. The second kappa shape index (κ2) is 6.02. The average Bonchev–Trinajstić information content (AvgIpc) is 2.65. The first-order valence-electron chi connectivity index (χ1n) is 7.48. The van der Waals surface area contributed by atoms with Gasteiger partial charge in [0.25, 0.3) is 11.8 Å². The van der Waals surface area contributed by atoms with Crippen molar-refractivity contribution in [3.63, 3.8) is 0 Å². The summed E-state index contributed by atoms with van der Waals surface area (Å²) in [6, 6.07) is 16.8. The Labute approximate surface area is 130 Å². The second-order valence-corrected chi connectivity index (χ2v) is 5.31. The minimum atomic E-state index is -0.0852. The Kier molecular flexibility index (Phi) is 3.92. The fourth-order valence-corrected chi connectivity index (χ4v) is 2.77. The molecule has 0 atom stereocenters. The zero-order valence-corrected chi connectivity index (χ0v) is 12.5. The molecule has 1 aliphatic heterocycles. The van der Waals surface area contributed by atoms with Gasteiger partial charge >= 0.3 is 0 Å². The van der Waals surface area contributed by atoms with Gasteiger partial charge in [-0.05, 0) is 30.7 Å². The van der Waals surface area contributed by atoms with Crippen molar-refractivity contribution in [3.8, 4) is 0 Å². The Hall–Kier alpha value is -2.62. The Morgan fingerprint density at radius 3 is 2.36 bits per heavy atom. The normalized spacial score (nSPS) is 14.8. The number of hydrogen-bond donors (Lipinski definition) is 0. The highest BCUT2D eigenvalue weighted by molar-refractivity contribution is 6.12. The van der Waals surface area contributed by atoms with Crippen molar-refractivity contribution >= 4 is 23.2 Å². The van der Waals surface area contributed by atoms with Crippen LogP contribution in [0.25, 0.3) is 0 Å². The van der Waals surface area contributed by atoms with Crippen molar-refractivity contribution in [3.05, 3.63) is 60.2 Å². The van der Waals surface area contributed by atoms with Crippen LogP contribution in [-0.4, -0.2) is 29.8 Å². The minimum Gasteiger partial charge on any atom is -0.329 e. The van der Waals surface area contributed by atoms with E-state index in [1.54, 1.807) is 15.9 Å². The predicted molar refractivity (Wildman–Crippen MR) is 86.2 cm³/mol. The summed E-state index contributed by atoms with van der Waals surface area (Å²) in [4.78, 5) is 28.7. The molecule has 0 saturated carbocycles. The van der Waals surface area contributed by atoms with E-state index in [0.29, 0.717) is 17.8 Å². The van der Waals surface area contributed by atoms with Crippen LogP contribution < -0.4 is 4.90 Å². The lowest BCUT2D eigenvalue weighted by Gasteiger charge is -2.22. The second-order valence-electron chi connectivity index (χ2n) is 5.31. The smallest absolute Gasteiger partial charge is 0.256 e. The van der Waals surface area contributed by atoms with E-state index in [1.807, 2.05) is 55.5 Å². The lowest BCUT2D eigenvalue weighted by atomic mass is 10.1. The van der Waals surface area contributed by atoms with Crippen molar-refractivity contribution < 1.29 is 9.59 Å². The molecule has 4 nitrogen and oxygen atoms in total. The van der Waals surface area contributed by atoms with Gasteiger partial charge in [0.15, 0.2) is 0 Å². The number of para-hydroxylation sites is 2. The summed E-state index contributed by atoms with van der Waals surface area (Å²) in [5.41, 5.74) is 2.01. The van der Waals surface area contributed by atoms with Crippen LogP contribution in [-0.2, 0) is 4.79 Å². The summed E-state index contributed by atoms with van der Waals surface area (Å²) in [5.74, 6) is -0.165. The van der Waals surface area contributed by atoms with Gasteiger partial charge in [0.05, 0.1) is 11.3 Å². The third-order valence-corrected chi connectivity index (χ3v) is 3.75. The van der Waals surface area contributed by atoms with E-state index < -0.39 is 0 Å². The molecular weight excluding hydrogens is 276 g/mol. The Bertz CT molecular complexity index is 697. The van der Waals surface area contributed by atoms with Crippen molar-refractivity contribution in [2.45, 2.75) is 13.3 Å². The van der Waals surface area contributed by atoms with Crippen LogP contribution >= 0.6 is 0 Å². The number of rotatable bonds is 3. The molecule has 2 aromatic carbocycles. The summed E-state index contributed by atoms with van der Waals surface area (Å²) in [7, 11) is 0. The topological polar surface area (TPSA) is 40.6 Å². The van der Waals surface area contributed by atoms with Crippen LogP contribution in [0.4, 0.5) is 11.4 Å². The zero-order chi connectivity index (χ0) is 15.5. The number of carbonyl (C=O) groups excluding carboxylic acids is 2. The van der Waals surface area contributed by atoms with Gasteiger partial charge in [0.1, 0.15) is 6.54 Å². The number of benzene rings is 2. The maximum absolute atomic E-state index is 12.7. The molecule has 0 unspecified atom stereocenters. The maximum atomic E-state index is 12.7. The first-order valence-corrected chi connectivity index (χ1v) is 7.48. The van der Waals surface area contributed by atoms with Crippen LogP contribution in [0.2, 0.25) is 0 Å². The van der Waals surface area contributed by atoms with Gasteiger partial charge in [-0.3, -0.25) is 14.5 Å². The average molecular weight is 294 g/mol. The first-order chi connectivity index (χ1) is 10.7. The van der Waals surface area contributed by atoms with Crippen molar-refractivity contribution in [1.82, 2.24) is 4.90 Å². The molecule has 1 aliphatic rings. The lowest BCUT2D eigenvalue weighted by Crippen LogP contribution is -2.38. The van der Waals surface area contributed by atoms with Crippen LogP contribution in [0, 0.1) is 0 Å². The van der Waals surface area contributed by atoms with Crippen LogP contribution in [0.3, 0.4) is 0 Å². The molecule has 0 aromatic heterocycles. The summed E-state index contributed by atoms with van der Waals surface area (Å²) < 4.78 is 0. The van der Waals surface area contributed by atoms with Crippen molar-refractivity contribution in [2.75, 3.05) is 18.0 Å². The van der Waals surface area contributed by atoms with Gasteiger partial charge in [-0.1, -0.05) is 37.3 Å². The monoisotopic (exact) mass is 294 g/mol. The van der Waals surface area contributed by atoms with E-state index in [-0.39, 0.29) is 18.4 Å². The van der Waals surface area contributed by atoms with E-state index in [2.05, 4.69) is 0 Å². The molecular formula is C18H18N2O2. The molecule has 112 valence electrons. The van der Waals surface area contributed by atoms with Gasteiger partial charge in [0, 0.05) is 12.2 Å². The summed E-state index contributed by atoms with van der Waals surface area (Å²) in [6.45, 7) is 2.70. The number of carbonyl (C=O) groups is 2. The molecule has 2 aromatic rings. The molecule has 0 aliphatic carbocycles. The van der Waals surface area contributed by atoms with Crippen molar-refractivity contribution in [1.29, 1.82) is 0 Å². The molecule has 22 heavy (non-hydrogen) atoms. The predicted octanol–water partition coefficient (Wildman–Crippen LogP) is 3.22. The Morgan fingerprint density at radius 1 is 0.955 bits per heavy atom. The summed E-state index contributed by atoms with van der Waals surface area (Å²) >= 11 is 0. The fraction of sp³-hybridized carbons (Fsp3) is 0.222. The Morgan fingerprint density at radius 2 is 1.64 bits per heavy atom. The van der Waals surface area contributed by atoms with Crippen LogP contribution in [0.15, 0.2) is 54.6 Å². The van der Waals surface area contributed by atoms with E-state index >= 15 is 0 Å². The molecule has 0 spiro atoms. The SMILES string of the molecule is CCCN1CC(=O)N(c2ccccc2)c2ccccc2C1=O. The first kappa shape index (κ1) is 14.3.